The van der Waals surface area contributed by atoms with Gasteiger partial charge in [0.2, 0.25) is 10.0 Å². The molecule has 0 fully saturated rings. The van der Waals surface area contributed by atoms with Crippen LogP contribution in [-0.4, -0.2) is 31.3 Å². The quantitative estimate of drug-likeness (QED) is 0.835. The highest BCUT2D eigenvalue weighted by molar-refractivity contribution is 7.89. The molecule has 0 unspecified atom stereocenters. The SMILES string of the molecule is CN(CCc1ccccn1)S(=O)(=O)c1[c]cccc1. The predicted molar refractivity (Wildman–Crippen MR) is 73.0 cm³/mol. The van der Waals surface area contributed by atoms with Gasteiger partial charge in [0.05, 0.1) is 4.90 Å². The first kappa shape index (κ1) is 13.7. The first-order chi connectivity index (χ1) is 9.10. The average molecular weight is 275 g/mol. The number of hydrogen-bond donors (Lipinski definition) is 0. The van der Waals surface area contributed by atoms with Gasteiger partial charge in [-0.15, -0.1) is 0 Å². The summed E-state index contributed by atoms with van der Waals surface area (Å²) < 4.78 is 25.8. The van der Waals surface area contributed by atoms with Crippen molar-refractivity contribution in [1.29, 1.82) is 0 Å². The van der Waals surface area contributed by atoms with Crippen molar-refractivity contribution in [1.82, 2.24) is 9.29 Å². The molecule has 4 nitrogen and oxygen atoms in total. The van der Waals surface area contributed by atoms with E-state index in [1.165, 1.54) is 4.31 Å². The van der Waals surface area contributed by atoms with Crippen LogP contribution in [0.15, 0.2) is 53.6 Å². The van der Waals surface area contributed by atoms with Crippen LogP contribution in [0.5, 0.6) is 0 Å². The van der Waals surface area contributed by atoms with E-state index in [4.69, 9.17) is 0 Å². The smallest absolute Gasteiger partial charge is 0.243 e. The molecular weight excluding hydrogens is 260 g/mol. The fraction of sp³-hybridized carbons (Fsp3) is 0.214. The number of benzene rings is 1. The molecule has 0 atom stereocenters. The van der Waals surface area contributed by atoms with Crippen molar-refractivity contribution < 1.29 is 8.42 Å². The molecule has 0 bridgehead atoms. The van der Waals surface area contributed by atoms with Gasteiger partial charge in [-0.3, -0.25) is 4.98 Å². The van der Waals surface area contributed by atoms with Gasteiger partial charge in [-0.25, -0.2) is 12.7 Å². The standard InChI is InChI=1S/C14H15N2O2S/c1-16(12-10-13-7-5-6-11-15-13)19(17,18)14-8-3-2-4-9-14/h2-8,11H,10,12H2,1H3. The minimum absolute atomic E-state index is 0.193. The largest absolute Gasteiger partial charge is 0.261 e. The predicted octanol–water partition coefficient (Wildman–Crippen LogP) is 1.74. The molecule has 0 saturated carbocycles. The fourth-order valence-corrected chi connectivity index (χ4v) is 2.78. The Balaban J connectivity index is 2.06. The van der Waals surface area contributed by atoms with E-state index in [1.807, 2.05) is 18.2 Å². The van der Waals surface area contributed by atoms with Gasteiger partial charge < -0.3 is 0 Å². The average Bonchev–Trinajstić information content (AvgIpc) is 2.46. The first-order valence-electron chi connectivity index (χ1n) is 5.93. The topological polar surface area (TPSA) is 50.3 Å². The minimum atomic E-state index is -3.46. The second kappa shape index (κ2) is 5.95. The van der Waals surface area contributed by atoms with Gasteiger partial charge >= 0.3 is 0 Å². The summed E-state index contributed by atoms with van der Waals surface area (Å²) in [5.41, 5.74) is 0.876. The van der Waals surface area contributed by atoms with Crippen LogP contribution < -0.4 is 0 Å². The molecule has 2 aromatic rings. The number of rotatable bonds is 5. The summed E-state index contributed by atoms with van der Waals surface area (Å²) in [6, 6.07) is 14.9. The molecule has 2 rings (SSSR count). The summed E-state index contributed by atoms with van der Waals surface area (Å²) in [4.78, 5) is 4.37. The fourth-order valence-electron chi connectivity index (χ4n) is 1.64. The van der Waals surface area contributed by atoms with Crippen LogP contribution in [0.1, 0.15) is 5.69 Å². The molecule has 0 saturated heterocycles. The molecule has 5 heteroatoms. The molecule has 1 heterocycles. The Kier molecular flexibility index (Phi) is 4.29. The van der Waals surface area contributed by atoms with Crippen LogP contribution in [0.4, 0.5) is 0 Å². The Morgan fingerprint density at radius 1 is 1.21 bits per heavy atom. The van der Waals surface area contributed by atoms with Crippen molar-refractivity contribution >= 4 is 10.0 Å². The molecule has 0 aliphatic heterocycles. The van der Waals surface area contributed by atoms with E-state index < -0.39 is 10.0 Å². The first-order valence-corrected chi connectivity index (χ1v) is 7.37. The number of sulfonamides is 1. The highest BCUT2D eigenvalue weighted by atomic mass is 32.2. The monoisotopic (exact) mass is 275 g/mol. The molecule has 1 radical (unpaired) electrons. The maximum Gasteiger partial charge on any atom is 0.243 e. The number of pyridine rings is 1. The summed E-state index contributed by atoms with van der Waals surface area (Å²) in [6.45, 7) is 0.391. The third-order valence-electron chi connectivity index (χ3n) is 2.78. The van der Waals surface area contributed by atoms with Crippen molar-refractivity contribution in [3.8, 4) is 0 Å². The second-order valence-electron chi connectivity index (χ2n) is 4.12. The molecule has 1 aromatic carbocycles. The van der Waals surface area contributed by atoms with Crippen molar-refractivity contribution in [2.24, 2.45) is 0 Å². The highest BCUT2D eigenvalue weighted by Gasteiger charge is 2.20. The van der Waals surface area contributed by atoms with Crippen LogP contribution in [0.2, 0.25) is 0 Å². The number of hydrogen-bond acceptors (Lipinski definition) is 3. The Morgan fingerprint density at radius 3 is 2.63 bits per heavy atom. The second-order valence-corrected chi connectivity index (χ2v) is 6.14. The van der Waals surface area contributed by atoms with E-state index in [0.717, 1.165) is 5.69 Å². The maximum absolute atomic E-state index is 12.2. The molecule has 0 N–H and O–H groups in total. The summed E-state index contributed by atoms with van der Waals surface area (Å²) in [7, 11) is -1.89. The van der Waals surface area contributed by atoms with Gasteiger partial charge in [-0.2, -0.15) is 0 Å². The number of likely N-dealkylation sites (N-methyl/N-ethyl adjacent to an activating group) is 1. The third kappa shape index (κ3) is 3.39. The van der Waals surface area contributed by atoms with Gasteiger partial charge in [0.15, 0.2) is 0 Å². The lowest BCUT2D eigenvalue weighted by molar-refractivity contribution is 0.471. The van der Waals surface area contributed by atoms with E-state index in [2.05, 4.69) is 11.1 Å². The van der Waals surface area contributed by atoms with Crippen LogP contribution in [-0.2, 0) is 16.4 Å². The van der Waals surface area contributed by atoms with E-state index in [9.17, 15) is 8.42 Å². The Labute approximate surface area is 113 Å². The van der Waals surface area contributed by atoms with Crippen LogP contribution in [0, 0.1) is 6.07 Å². The van der Waals surface area contributed by atoms with Crippen LogP contribution in [0.3, 0.4) is 0 Å². The molecule has 19 heavy (non-hydrogen) atoms. The zero-order valence-corrected chi connectivity index (χ0v) is 11.5. The highest BCUT2D eigenvalue weighted by Crippen LogP contribution is 2.13. The van der Waals surface area contributed by atoms with E-state index in [0.29, 0.717) is 13.0 Å². The summed E-state index contributed by atoms with van der Waals surface area (Å²) in [5.74, 6) is 0. The Bertz CT molecular complexity index is 612. The van der Waals surface area contributed by atoms with Crippen LogP contribution >= 0.6 is 0 Å². The molecule has 0 amide bonds. The van der Waals surface area contributed by atoms with Crippen molar-refractivity contribution in [2.75, 3.05) is 13.6 Å². The van der Waals surface area contributed by atoms with Gasteiger partial charge in [-0.1, -0.05) is 24.3 Å². The van der Waals surface area contributed by atoms with E-state index in [-0.39, 0.29) is 4.90 Å². The van der Waals surface area contributed by atoms with Crippen molar-refractivity contribution in [3.63, 3.8) is 0 Å². The molecule has 0 aliphatic carbocycles. The Morgan fingerprint density at radius 2 is 2.00 bits per heavy atom. The molecule has 0 spiro atoms. The van der Waals surface area contributed by atoms with Crippen LogP contribution in [0.25, 0.3) is 0 Å². The minimum Gasteiger partial charge on any atom is -0.261 e. The van der Waals surface area contributed by atoms with Crippen molar-refractivity contribution in [3.05, 3.63) is 60.4 Å². The lowest BCUT2D eigenvalue weighted by atomic mass is 10.3. The lowest BCUT2D eigenvalue weighted by Gasteiger charge is -2.16. The zero-order chi connectivity index (χ0) is 13.7. The number of aromatic nitrogens is 1. The van der Waals surface area contributed by atoms with Gasteiger partial charge in [0.25, 0.3) is 0 Å². The summed E-state index contributed by atoms with van der Waals surface area (Å²) >= 11 is 0. The van der Waals surface area contributed by atoms with E-state index >= 15 is 0 Å². The van der Waals surface area contributed by atoms with E-state index in [1.54, 1.807) is 37.5 Å². The van der Waals surface area contributed by atoms with Gasteiger partial charge in [-0.05, 0) is 18.2 Å². The van der Waals surface area contributed by atoms with Gasteiger partial charge in [0, 0.05) is 38.0 Å². The molecule has 1 aromatic heterocycles. The summed E-state index contributed by atoms with van der Waals surface area (Å²) in [5, 5.41) is 0. The summed E-state index contributed by atoms with van der Waals surface area (Å²) in [6.07, 6.45) is 2.29. The zero-order valence-electron chi connectivity index (χ0n) is 10.7. The van der Waals surface area contributed by atoms with Crippen molar-refractivity contribution in [2.45, 2.75) is 11.3 Å². The number of nitrogens with zero attached hydrogens (tertiary/aromatic N) is 2. The Hall–Kier alpha value is -1.72. The third-order valence-corrected chi connectivity index (χ3v) is 4.59. The molecular formula is C14H15N2O2S. The molecule has 99 valence electrons. The van der Waals surface area contributed by atoms with Gasteiger partial charge in [0.1, 0.15) is 0 Å². The lowest BCUT2D eigenvalue weighted by Crippen LogP contribution is -2.29. The maximum atomic E-state index is 12.2. The normalized spacial score (nSPS) is 11.7. The molecule has 0 aliphatic rings.